The van der Waals surface area contributed by atoms with Crippen LogP contribution in [0.2, 0.25) is 0 Å². The number of carboxylic acids is 1. The van der Waals surface area contributed by atoms with E-state index in [0.29, 0.717) is 0 Å². The molecule has 262 valence electrons. The summed E-state index contributed by atoms with van der Waals surface area (Å²) in [6.07, 6.45) is -23.7. The Balaban J connectivity index is -0.00000800. The van der Waals surface area contributed by atoms with Crippen LogP contribution in [-0.2, 0) is 18.6 Å². The van der Waals surface area contributed by atoms with E-state index in [4.69, 9.17) is 5.11 Å². The standard InChI is InChI=1S/C14H10F19O7P.2H3N/c15-6(16,1-4(39-3-5(34)35)2-40-41(36,37)38)8(18,19)10(22,23)12(26,27)11(24,25)9(20,21)7(17,13(28,29)30)14(31,32)33;;/h4H,1-3H2,(H,34,35)(H2,36,37,38);2*1H3. The monoisotopic (exact) mass is 716 g/mol. The van der Waals surface area contributed by atoms with Gasteiger partial charge in [0.05, 0.1) is 20.5 Å². The number of ether oxygens (including phenoxy) is 1. The zero-order valence-corrected chi connectivity index (χ0v) is 21.1. The molecule has 0 fully saturated rings. The molecule has 9 nitrogen and oxygen atoms in total. The number of halogens is 19. The molecule has 0 amide bonds. The SMILES string of the molecule is O=C(O)COC(COP(=O)([O-])[O-])CC(F)(F)C(F)(F)C(F)(F)C(F)(F)C(F)(F)C(F)(F)C(F)(C(F)(F)F)C(F)(F)F.[NH4+].[NH4+]. The van der Waals surface area contributed by atoms with Crippen LogP contribution in [-0.4, -0.2) is 84.0 Å². The van der Waals surface area contributed by atoms with Crippen molar-refractivity contribution in [3.8, 4) is 0 Å². The molecule has 0 aliphatic carbocycles. The van der Waals surface area contributed by atoms with E-state index < -0.39 is 93.1 Å². The number of alkyl halides is 19. The number of aliphatic carboxylic acids is 1. The number of carboxylic acid groups (broad SMARTS) is 1. The molecule has 0 aromatic rings. The summed E-state index contributed by atoms with van der Waals surface area (Å²) in [5.74, 6) is -54.1. The van der Waals surface area contributed by atoms with Gasteiger partial charge in [0.15, 0.2) is 0 Å². The number of rotatable bonds is 14. The zero-order chi connectivity index (χ0) is 33.7. The zero-order valence-electron chi connectivity index (χ0n) is 20.2. The summed E-state index contributed by atoms with van der Waals surface area (Å²) in [6, 6.07) is 0. The molecule has 0 aliphatic heterocycles. The van der Waals surface area contributed by atoms with E-state index in [9.17, 15) is 103 Å². The Kier molecular flexibility index (Phi) is 13.6. The maximum Gasteiger partial charge on any atom is 0.438 e. The molecule has 0 bridgehead atoms. The summed E-state index contributed by atoms with van der Waals surface area (Å²) in [4.78, 5) is 31.0. The lowest BCUT2D eigenvalue weighted by molar-refractivity contribution is -0.472. The van der Waals surface area contributed by atoms with Crippen LogP contribution in [0.3, 0.4) is 0 Å². The molecular weight excluding hydrogens is 700 g/mol. The van der Waals surface area contributed by atoms with Crippen LogP contribution in [0.5, 0.6) is 0 Å². The fraction of sp³-hybridized carbons (Fsp3) is 0.929. The second-order valence-electron chi connectivity index (χ2n) is 7.50. The van der Waals surface area contributed by atoms with Gasteiger partial charge in [0.1, 0.15) is 6.61 Å². The van der Waals surface area contributed by atoms with Gasteiger partial charge < -0.3 is 41.0 Å². The Hall–Kier alpha value is -1.87. The van der Waals surface area contributed by atoms with E-state index in [1.165, 1.54) is 0 Å². The van der Waals surface area contributed by atoms with Gasteiger partial charge in [0.25, 0.3) is 0 Å². The first kappa shape index (κ1) is 45.6. The minimum atomic E-state index is -9.23. The summed E-state index contributed by atoms with van der Waals surface area (Å²) in [5.41, 5.74) is -8.90. The van der Waals surface area contributed by atoms with Gasteiger partial charge in [0, 0.05) is 6.42 Å². The molecule has 1 unspecified atom stereocenters. The van der Waals surface area contributed by atoms with Crippen molar-refractivity contribution in [3.05, 3.63) is 0 Å². The van der Waals surface area contributed by atoms with Gasteiger partial charge in [0.2, 0.25) is 0 Å². The average Bonchev–Trinajstić information content (AvgIpc) is 2.71. The van der Waals surface area contributed by atoms with Gasteiger partial charge in [-0.2, -0.15) is 79.0 Å². The number of hydrogen-bond donors (Lipinski definition) is 3. The van der Waals surface area contributed by atoms with Crippen LogP contribution in [0.15, 0.2) is 0 Å². The van der Waals surface area contributed by atoms with Crippen molar-refractivity contribution in [3.63, 3.8) is 0 Å². The molecule has 0 aromatic heterocycles. The molecule has 9 N–H and O–H groups in total. The van der Waals surface area contributed by atoms with Crippen LogP contribution < -0.4 is 22.1 Å². The molecule has 0 aromatic carbocycles. The molecule has 0 heterocycles. The van der Waals surface area contributed by atoms with Crippen LogP contribution in [0, 0.1) is 0 Å². The van der Waals surface area contributed by atoms with Crippen LogP contribution in [0.4, 0.5) is 83.4 Å². The fourth-order valence-electron chi connectivity index (χ4n) is 2.50. The minimum absolute atomic E-state index is 0. The lowest BCUT2D eigenvalue weighted by atomic mass is 9.83. The molecule has 43 heavy (non-hydrogen) atoms. The van der Waals surface area contributed by atoms with Crippen molar-refractivity contribution in [1.82, 2.24) is 12.3 Å². The van der Waals surface area contributed by atoms with Gasteiger partial charge in [-0.15, -0.1) is 0 Å². The maximum absolute atomic E-state index is 14.0. The summed E-state index contributed by atoms with van der Waals surface area (Å²) >= 11 is 0. The van der Waals surface area contributed by atoms with Gasteiger partial charge in [-0.25, -0.2) is 9.18 Å². The van der Waals surface area contributed by atoms with E-state index in [1.54, 1.807) is 0 Å². The van der Waals surface area contributed by atoms with Crippen molar-refractivity contribution < 1.29 is 117 Å². The lowest BCUT2D eigenvalue weighted by Crippen LogP contribution is -2.77. The Morgan fingerprint density at radius 2 is 0.977 bits per heavy atom. The average molecular weight is 716 g/mol. The van der Waals surface area contributed by atoms with E-state index in [0.717, 1.165) is 0 Å². The largest absolute Gasteiger partial charge is 0.790 e. The van der Waals surface area contributed by atoms with Gasteiger partial charge >= 0.3 is 59.5 Å². The topological polar surface area (TPSA) is 192 Å². The van der Waals surface area contributed by atoms with Crippen molar-refractivity contribution >= 4 is 13.8 Å². The van der Waals surface area contributed by atoms with Crippen LogP contribution >= 0.6 is 7.82 Å². The Morgan fingerprint density at radius 3 is 1.28 bits per heavy atom. The van der Waals surface area contributed by atoms with Gasteiger partial charge in [-0.1, -0.05) is 0 Å². The third kappa shape index (κ3) is 7.86. The summed E-state index contributed by atoms with van der Waals surface area (Å²) in [5, 5.41) is 8.29. The highest BCUT2D eigenvalue weighted by Gasteiger charge is 2.98. The first-order chi connectivity index (χ1) is 17.5. The fourth-order valence-corrected chi connectivity index (χ4v) is 2.85. The predicted molar refractivity (Wildman–Crippen MR) is 93.2 cm³/mol. The van der Waals surface area contributed by atoms with Crippen LogP contribution in [0.1, 0.15) is 6.42 Å². The lowest BCUT2D eigenvalue weighted by Gasteiger charge is -2.45. The molecule has 0 saturated heterocycles. The highest BCUT2D eigenvalue weighted by molar-refractivity contribution is 7.43. The Morgan fingerprint density at radius 1 is 0.651 bits per heavy atom. The van der Waals surface area contributed by atoms with E-state index >= 15 is 0 Å². The highest BCUT2D eigenvalue weighted by atomic mass is 31.2. The van der Waals surface area contributed by atoms with Crippen molar-refractivity contribution in [2.24, 2.45) is 0 Å². The van der Waals surface area contributed by atoms with Crippen molar-refractivity contribution in [2.45, 2.75) is 66.1 Å². The van der Waals surface area contributed by atoms with Crippen molar-refractivity contribution in [2.75, 3.05) is 13.2 Å². The molecule has 29 heteroatoms. The second-order valence-corrected chi connectivity index (χ2v) is 8.66. The van der Waals surface area contributed by atoms with E-state index in [1.807, 2.05) is 0 Å². The molecule has 0 aliphatic rings. The summed E-state index contributed by atoms with van der Waals surface area (Å²) < 4.78 is 271. The Bertz CT molecular complexity index is 983. The van der Waals surface area contributed by atoms with Crippen molar-refractivity contribution in [1.29, 1.82) is 0 Å². The molecule has 0 saturated carbocycles. The normalized spacial score (nSPS) is 15.8. The molecule has 0 spiro atoms. The minimum Gasteiger partial charge on any atom is -0.790 e. The van der Waals surface area contributed by atoms with Gasteiger partial charge in [-0.3, -0.25) is 0 Å². The predicted octanol–water partition coefficient (Wildman–Crippen LogP) is 5.09. The Labute approximate surface area is 223 Å². The highest BCUT2D eigenvalue weighted by Crippen LogP contribution is 2.66. The molecule has 0 radical (unpaired) electrons. The molecule has 0 rings (SSSR count). The molecule has 1 atom stereocenters. The number of hydrogen-bond acceptors (Lipinski definition) is 6. The number of quaternary nitrogens is 2. The second kappa shape index (κ2) is 12.9. The van der Waals surface area contributed by atoms with Crippen LogP contribution in [0.25, 0.3) is 0 Å². The number of phosphoric acid groups is 1. The number of carbonyl (C=O) groups is 1. The first-order valence-electron chi connectivity index (χ1n) is 9.09. The summed E-state index contributed by atoms with van der Waals surface area (Å²) in [6.45, 7) is -4.33. The number of phosphoric ester groups is 1. The van der Waals surface area contributed by atoms with E-state index in [-0.39, 0.29) is 12.3 Å². The third-order valence-corrected chi connectivity index (χ3v) is 5.06. The van der Waals surface area contributed by atoms with E-state index in [2.05, 4.69) is 9.26 Å². The smallest absolute Gasteiger partial charge is 0.438 e. The molecular formula is C14H16F19N2O7P. The maximum atomic E-state index is 14.0. The summed E-state index contributed by atoms with van der Waals surface area (Å²) in [7, 11) is -6.35. The third-order valence-electron chi connectivity index (χ3n) is 4.60. The quantitative estimate of drug-likeness (QED) is 0.165. The first-order valence-corrected chi connectivity index (χ1v) is 10.5. The van der Waals surface area contributed by atoms with Gasteiger partial charge in [-0.05, 0) is 0 Å².